The van der Waals surface area contributed by atoms with Crippen molar-refractivity contribution in [3.63, 3.8) is 0 Å². The van der Waals surface area contributed by atoms with E-state index in [1.807, 2.05) is 30.1 Å². The van der Waals surface area contributed by atoms with E-state index in [4.69, 9.17) is 10.5 Å². The fourth-order valence-corrected chi connectivity index (χ4v) is 4.95. The Morgan fingerprint density at radius 3 is 2.97 bits per heavy atom. The number of allylic oxidation sites excluding steroid dienone is 2. The summed E-state index contributed by atoms with van der Waals surface area (Å²) in [6.45, 7) is 1.61. The fourth-order valence-electron chi connectivity index (χ4n) is 4.39. The van der Waals surface area contributed by atoms with E-state index in [0.29, 0.717) is 24.8 Å². The minimum atomic E-state index is -0.0708. The number of nitrogens with two attached hydrogens (primary N) is 1. The number of nitrogens with zero attached hydrogens (tertiary/aromatic N) is 3. The first-order chi connectivity index (χ1) is 14.6. The molecule has 2 aromatic rings. The molecule has 1 saturated heterocycles. The summed E-state index contributed by atoms with van der Waals surface area (Å²) in [6.07, 6.45) is 9.68. The van der Waals surface area contributed by atoms with Crippen LogP contribution in [0.1, 0.15) is 32.1 Å². The molecule has 0 radical (unpaired) electrons. The van der Waals surface area contributed by atoms with Crippen molar-refractivity contribution in [2.45, 2.75) is 32.1 Å². The second-order valence-corrected chi connectivity index (χ2v) is 8.65. The Morgan fingerprint density at radius 2 is 2.20 bits per heavy atom. The summed E-state index contributed by atoms with van der Waals surface area (Å²) >= 11 is 3.57. The van der Waals surface area contributed by atoms with Gasteiger partial charge in [0.15, 0.2) is 0 Å². The van der Waals surface area contributed by atoms with E-state index in [0.717, 1.165) is 40.8 Å². The molecule has 0 saturated carbocycles. The zero-order valence-corrected chi connectivity index (χ0v) is 18.8. The highest BCUT2D eigenvalue weighted by Crippen LogP contribution is 2.38. The van der Waals surface area contributed by atoms with Crippen LogP contribution in [0.2, 0.25) is 0 Å². The average molecular weight is 474 g/mol. The van der Waals surface area contributed by atoms with Crippen molar-refractivity contribution in [3.8, 4) is 17.0 Å². The van der Waals surface area contributed by atoms with Crippen LogP contribution in [-0.2, 0) is 7.05 Å². The zero-order chi connectivity index (χ0) is 21.1. The maximum Gasteiger partial charge on any atom is 0.326 e. The molecule has 8 heteroatoms. The summed E-state index contributed by atoms with van der Waals surface area (Å²) in [7, 11) is 1.88. The van der Waals surface area contributed by atoms with E-state index < -0.39 is 0 Å². The first-order valence-electron chi connectivity index (χ1n) is 10.5. The topological polar surface area (TPSA) is 85.4 Å². The number of nitrogens with one attached hydrogen (secondary N) is 1. The number of urea groups is 1. The van der Waals surface area contributed by atoms with Gasteiger partial charge < -0.3 is 15.8 Å². The number of likely N-dealkylation sites (tertiary alicyclic amines) is 1. The third kappa shape index (κ3) is 4.25. The smallest absolute Gasteiger partial charge is 0.326 e. The first-order valence-corrected chi connectivity index (χ1v) is 11.3. The van der Waals surface area contributed by atoms with E-state index in [1.54, 1.807) is 10.9 Å². The number of rotatable bonds is 5. The van der Waals surface area contributed by atoms with Crippen molar-refractivity contribution in [3.05, 3.63) is 40.6 Å². The SMILES string of the molecule is Cn1ncc(Br)c1-c1cc(NC(=O)N2CCCC3CCCC=C32)ccc1OCCN. The molecule has 7 nitrogen and oxygen atoms in total. The lowest BCUT2D eigenvalue weighted by molar-refractivity contribution is 0.200. The van der Waals surface area contributed by atoms with Crippen molar-refractivity contribution >= 4 is 27.6 Å². The molecule has 160 valence electrons. The van der Waals surface area contributed by atoms with Crippen molar-refractivity contribution in [1.82, 2.24) is 14.7 Å². The molecule has 0 bridgehead atoms. The summed E-state index contributed by atoms with van der Waals surface area (Å²) < 4.78 is 8.49. The van der Waals surface area contributed by atoms with Gasteiger partial charge in [0.1, 0.15) is 12.4 Å². The van der Waals surface area contributed by atoms with Crippen molar-refractivity contribution < 1.29 is 9.53 Å². The van der Waals surface area contributed by atoms with E-state index in [-0.39, 0.29) is 6.03 Å². The largest absolute Gasteiger partial charge is 0.492 e. The van der Waals surface area contributed by atoms with Gasteiger partial charge in [-0.05, 0) is 72.2 Å². The summed E-state index contributed by atoms with van der Waals surface area (Å²) in [5.41, 5.74) is 9.27. The Labute approximate surface area is 185 Å². The number of benzene rings is 1. The molecule has 1 aromatic carbocycles. The monoisotopic (exact) mass is 473 g/mol. The maximum atomic E-state index is 13.1. The summed E-state index contributed by atoms with van der Waals surface area (Å²) in [6, 6.07) is 5.61. The third-order valence-corrected chi connectivity index (χ3v) is 6.36. The Kier molecular flexibility index (Phi) is 6.43. The van der Waals surface area contributed by atoms with Gasteiger partial charge in [0.2, 0.25) is 0 Å². The second-order valence-electron chi connectivity index (χ2n) is 7.79. The number of halogens is 1. The Balaban J connectivity index is 1.61. The standard InChI is InChI=1S/C22H28BrN5O2/c1-27-21(18(23)14-25-27)17-13-16(8-9-20(17)30-12-10-24)26-22(29)28-11-4-6-15-5-2-3-7-19(15)28/h7-9,13-15H,2-6,10-12,24H2,1H3,(H,26,29). The van der Waals surface area contributed by atoms with Crippen LogP contribution in [0.3, 0.4) is 0 Å². The van der Waals surface area contributed by atoms with Gasteiger partial charge in [0, 0.05) is 37.1 Å². The minimum absolute atomic E-state index is 0.0708. The maximum absolute atomic E-state index is 13.1. The van der Waals surface area contributed by atoms with E-state index in [2.05, 4.69) is 32.4 Å². The minimum Gasteiger partial charge on any atom is -0.492 e. The molecule has 2 aliphatic rings. The average Bonchev–Trinajstić information content (AvgIpc) is 3.10. The van der Waals surface area contributed by atoms with Gasteiger partial charge in [-0.15, -0.1) is 0 Å². The molecule has 4 rings (SSSR count). The molecule has 1 unspecified atom stereocenters. The van der Waals surface area contributed by atoms with E-state index in [9.17, 15) is 4.79 Å². The molecule has 1 atom stereocenters. The van der Waals surface area contributed by atoms with Gasteiger partial charge in [-0.25, -0.2) is 4.79 Å². The normalized spacial score (nSPS) is 18.6. The van der Waals surface area contributed by atoms with E-state index >= 15 is 0 Å². The molecule has 1 fully saturated rings. The highest BCUT2D eigenvalue weighted by molar-refractivity contribution is 9.10. The molecule has 1 aromatic heterocycles. The molecular formula is C22H28BrN5O2. The highest BCUT2D eigenvalue weighted by Gasteiger charge is 2.30. The molecule has 30 heavy (non-hydrogen) atoms. The lowest BCUT2D eigenvalue weighted by atomic mass is 9.85. The molecular weight excluding hydrogens is 446 g/mol. The van der Waals surface area contributed by atoms with Gasteiger partial charge in [-0.1, -0.05) is 6.08 Å². The first kappa shape index (κ1) is 20.9. The molecule has 0 spiro atoms. The number of hydrogen-bond acceptors (Lipinski definition) is 4. The number of piperidine rings is 1. The van der Waals surface area contributed by atoms with E-state index in [1.165, 1.54) is 25.0 Å². The van der Waals surface area contributed by atoms with Gasteiger partial charge in [-0.2, -0.15) is 5.10 Å². The predicted molar refractivity (Wildman–Crippen MR) is 121 cm³/mol. The van der Waals surface area contributed by atoms with Gasteiger partial charge in [0.25, 0.3) is 0 Å². The summed E-state index contributed by atoms with van der Waals surface area (Å²) in [5, 5.41) is 7.40. The molecule has 2 amide bonds. The number of fused-ring (bicyclic) bond motifs is 1. The Morgan fingerprint density at radius 1 is 1.37 bits per heavy atom. The predicted octanol–water partition coefficient (Wildman–Crippen LogP) is 4.50. The number of amides is 2. The highest BCUT2D eigenvalue weighted by atomic mass is 79.9. The number of hydrogen-bond donors (Lipinski definition) is 2. The summed E-state index contributed by atoms with van der Waals surface area (Å²) in [5.74, 6) is 1.22. The number of carbonyl (C=O) groups excluding carboxylic acids is 1. The second kappa shape index (κ2) is 9.22. The van der Waals surface area contributed by atoms with Crippen LogP contribution in [0.5, 0.6) is 5.75 Å². The van der Waals surface area contributed by atoms with Crippen LogP contribution in [0.15, 0.2) is 40.6 Å². The number of aryl methyl sites for hydroxylation is 1. The van der Waals surface area contributed by atoms with Crippen molar-refractivity contribution in [1.29, 1.82) is 0 Å². The van der Waals surface area contributed by atoms with Crippen LogP contribution < -0.4 is 15.8 Å². The number of ether oxygens (including phenoxy) is 1. The van der Waals surface area contributed by atoms with Crippen LogP contribution in [0.4, 0.5) is 10.5 Å². The third-order valence-electron chi connectivity index (χ3n) is 5.78. The van der Waals surface area contributed by atoms with Gasteiger partial charge in [-0.3, -0.25) is 9.58 Å². The van der Waals surface area contributed by atoms with Gasteiger partial charge >= 0.3 is 6.03 Å². The molecule has 1 aliphatic heterocycles. The van der Waals surface area contributed by atoms with Crippen LogP contribution >= 0.6 is 15.9 Å². The molecule has 2 heterocycles. The van der Waals surface area contributed by atoms with Gasteiger partial charge in [0.05, 0.1) is 16.4 Å². The molecule has 1 aliphatic carbocycles. The van der Waals surface area contributed by atoms with Crippen molar-refractivity contribution in [2.75, 3.05) is 25.0 Å². The fraction of sp³-hybridized carbons (Fsp3) is 0.455. The number of aromatic nitrogens is 2. The lowest BCUT2D eigenvalue weighted by Gasteiger charge is -2.37. The number of carbonyl (C=O) groups is 1. The van der Waals surface area contributed by atoms with Crippen LogP contribution in [-0.4, -0.2) is 40.4 Å². The van der Waals surface area contributed by atoms with Crippen LogP contribution in [0.25, 0.3) is 11.3 Å². The van der Waals surface area contributed by atoms with Crippen LogP contribution in [0, 0.1) is 5.92 Å². The summed E-state index contributed by atoms with van der Waals surface area (Å²) in [4.78, 5) is 15.0. The van der Waals surface area contributed by atoms with Crippen molar-refractivity contribution in [2.24, 2.45) is 18.7 Å². The zero-order valence-electron chi connectivity index (χ0n) is 17.2. The molecule has 3 N–H and O–H groups in total. The Hall–Kier alpha value is -2.32. The lowest BCUT2D eigenvalue weighted by Crippen LogP contribution is -2.41. The quantitative estimate of drug-likeness (QED) is 0.669. The number of anilines is 1. The Bertz CT molecular complexity index is 935.